The highest BCUT2D eigenvalue weighted by molar-refractivity contribution is 14.1. The van der Waals surface area contributed by atoms with Crippen molar-refractivity contribution in [3.05, 3.63) is 33.4 Å². The standard InChI is InChI=1S/C16H21IN2O/c17-14-7-2-1-6-13(14)16(20)19-15-10-4-3-5-11(15)9-12(18)8-10/h1-2,6-7,10-12,15H,3-5,8-9,18H2,(H,19,20). The van der Waals surface area contributed by atoms with Crippen molar-refractivity contribution in [1.82, 2.24) is 5.32 Å². The van der Waals surface area contributed by atoms with Crippen LogP contribution in [0.3, 0.4) is 0 Å². The number of hydrogen-bond acceptors (Lipinski definition) is 2. The summed E-state index contributed by atoms with van der Waals surface area (Å²) in [6.45, 7) is 0. The zero-order valence-corrected chi connectivity index (χ0v) is 13.7. The maximum absolute atomic E-state index is 12.5. The van der Waals surface area contributed by atoms with Crippen LogP contribution in [0.1, 0.15) is 42.5 Å². The Labute approximate surface area is 133 Å². The summed E-state index contributed by atoms with van der Waals surface area (Å²) in [5.74, 6) is 1.22. The van der Waals surface area contributed by atoms with Crippen molar-refractivity contribution < 1.29 is 4.79 Å². The zero-order valence-electron chi connectivity index (χ0n) is 11.5. The topological polar surface area (TPSA) is 55.1 Å². The highest BCUT2D eigenvalue weighted by Crippen LogP contribution is 2.39. The van der Waals surface area contributed by atoms with Crippen LogP contribution in [0, 0.1) is 15.4 Å². The van der Waals surface area contributed by atoms with Gasteiger partial charge in [0.05, 0.1) is 5.56 Å². The van der Waals surface area contributed by atoms with Gasteiger partial charge < -0.3 is 11.1 Å². The summed E-state index contributed by atoms with van der Waals surface area (Å²) >= 11 is 2.23. The SMILES string of the molecule is NC1CC2CCCC(C1)C2NC(=O)c1ccccc1I. The summed E-state index contributed by atoms with van der Waals surface area (Å²) in [5, 5.41) is 3.30. The van der Waals surface area contributed by atoms with E-state index < -0.39 is 0 Å². The number of carbonyl (C=O) groups excluding carboxylic acids is 1. The van der Waals surface area contributed by atoms with Crippen molar-refractivity contribution in [2.45, 2.75) is 44.2 Å². The first-order chi connectivity index (χ1) is 9.65. The predicted molar refractivity (Wildman–Crippen MR) is 88.5 cm³/mol. The molecule has 3 N–H and O–H groups in total. The van der Waals surface area contributed by atoms with Crippen LogP contribution in [-0.2, 0) is 0 Å². The largest absolute Gasteiger partial charge is 0.349 e. The Morgan fingerprint density at radius 1 is 1.20 bits per heavy atom. The molecule has 3 nitrogen and oxygen atoms in total. The first-order valence-electron chi connectivity index (χ1n) is 7.46. The monoisotopic (exact) mass is 384 g/mol. The summed E-state index contributed by atoms with van der Waals surface area (Å²) in [6, 6.07) is 8.43. The van der Waals surface area contributed by atoms with Crippen molar-refractivity contribution >= 4 is 28.5 Å². The van der Waals surface area contributed by atoms with Gasteiger partial charge in [0.25, 0.3) is 5.91 Å². The number of rotatable bonds is 2. The molecule has 0 heterocycles. The van der Waals surface area contributed by atoms with Crippen LogP contribution < -0.4 is 11.1 Å². The number of benzene rings is 1. The van der Waals surface area contributed by atoms with E-state index in [1.165, 1.54) is 19.3 Å². The van der Waals surface area contributed by atoms with E-state index in [9.17, 15) is 4.79 Å². The van der Waals surface area contributed by atoms with Gasteiger partial charge in [-0.15, -0.1) is 0 Å². The molecule has 2 aliphatic rings. The Balaban J connectivity index is 1.74. The number of amides is 1. The Kier molecular flexibility index (Phi) is 4.31. The number of nitrogens with two attached hydrogens (primary N) is 1. The normalized spacial score (nSPS) is 32.7. The zero-order chi connectivity index (χ0) is 14.1. The van der Waals surface area contributed by atoms with E-state index in [1.54, 1.807) is 0 Å². The molecule has 1 amide bonds. The van der Waals surface area contributed by atoms with E-state index in [4.69, 9.17) is 5.73 Å². The van der Waals surface area contributed by atoms with E-state index >= 15 is 0 Å². The highest BCUT2D eigenvalue weighted by atomic mass is 127. The van der Waals surface area contributed by atoms with E-state index in [-0.39, 0.29) is 5.91 Å². The average Bonchev–Trinajstić information content (AvgIpc) is 2.40. The van der Waals surface area contributed by atoms with Crippen LogP contribution in [0.25, 0.3) is 0 Å². The second-order valence-electron chi connectivity index (χ2n) is 6.16. The summed E-state index contributed by atoms with van der Waals surface area (Å²) < 4.78 is 1.01. The van der Waals surface area contributed by atoms with Gasteiger partial charge in [-0.25, -0.2) is 0 Å². The smallest absolute Gasteiger partial charge is 0.252 e. The lowest BCUT2D eigenvalue weighted by Crippen LogP contribution is -2.53. The molecule has 0 radical (unpaired) electrons. The molecule has 1 aromatic rings. The quantitative estimate of drug-likeness (QED) is 0.771. The number of carbonyl (C=O) groups is 1. The molecular weight excluding hydrogens is 363 g/mol. The Morgan fingerprint density at radius 2 is 1.85 bits per heavy atom. The summed E-state index contributed by atoms with van der Waals surface area (Å²) in [7, 11) is 0. The second kappa shape index (κ2) is 6.02. The maximum Gasteiger partial charge on any atom is 0.252 e. The fourth-order valence-corrected chi connectivity index (χ4v) is 4.53. The lowest BCUT2D eigenvalue weighted by atomic mass is 9.67. The molecule has 2 saturated carbocycles. The molecule has 2 atom stereocenters. The van der Waals surface area contributed by atoms with Crippen LogP contribution in [0.5, 0.6) is 0 Å². The van der Waals surface area contributed by atoms with E-state index in [2.05, 4.69) is 27.9 Å². The van der Waals surface area contributed by atoms with Gasteiger partial charge in [0.2, 0.25) is 0 Å². The van der Waals surface area contributed by atoms with Crippen LogP contribution in [0.2, 0.25) is 0 Å². The Bertz CT molecular complexity index is 491. The lowest BCUT2D eigenvalue weighted by molar-refractivity contribution is 0.0755. The number of halogens is 1. The number of fused-ring (bicyclic) bond motifs is 2. The Hall–Kier alpha value is -0.620. The molecule has 0 saturated heterocycles. The van der Waals surface area contributed by atoms with Gasteiger partial charge in [0.1, 0.15) is 0 Å². The van der Waals surface area contributed by atoms with E-state index in [0.29, 0.717) is 23.9 Å². The van der Waals surface area contributed by atoms with Crippen LogP contribution >= 0.6 is 22.6 Å². The molecule has 4 heteroatoms. The summed E-state index contributed by atoms with van der Waals surface area (Å²) in [6.07, 6.45) is 5.83. The molecule has 20 heavy (non-hydrogen) atoms. The first kappa shape index (κ1) is 14.3. The third-order valence-corrected chi connectivity index (χ3v) is 5.73. The van der Waals surface area contributed by atoms with Gasteiger partial charge >= 0.3 is 0 Å². The van der Waals surface area contributed by atoms with Gasteiger partial charge in [-0.05, 0) is 72.2 Å². The maximum atomic E-state index is 12.5. The minimum absolute atomic E-state index is 0.0763. The molecule has 2 unspecified atom stereocenters. The molecule has 0 aliphatic heterocycles. The average molecular weight is 384 g/mol. The second-order valence-corrected chi connectivity index (χ2v) is 7.32. The predicted octanol–water partition coefficient (Wildman–Crippen LogP) is 2.93. The fourth-order valence-electron chi connectivity index (χ4n) is 3.90. The Morgan fingerprint density at radius 3 is 2.50 bits per heavy atom. The van der Waals surface area contributed by atoms with Gasteiger partial charge in [-0.2, -0.15) is 0 Å². The summed E-state index contributed by atoms with van der Waals surface area (Å²) in [5.41, 5.74) is 6.93. The number of nitrogens with one attached hydrogen (secondary N) is 1. The lowest BCUT2D eigenvalue weighted by Gasteiger charge is -2.45. The molecule has 108 valence electrons. The third kappa shape index (κ3) is 2.86. The third-order valence-electron chi connectivity index (χ3n) is 4.79. The van der Waals surface area contributed by atoms with Crippen LogP contribution in [-0.4, -0.2) is 18.0 Å². The molecular formula is C16H21IN2O. The molecule has 0 spiro atoms. The summed E-state index contributed by atoms with van der Waals surface area (Å²) in [4.78, 5) is 12.5. The molecule has 3 rings (SSSR count). The fraction of sp³-hybridized carbons (Fsp3) is 0.562. The molecule has 2 fully saturated rings. The molecule has 2 aliphatic carbocycles. The highest BCUT2D eigenvalue weighted by Gasteiger charge is 2.40. The molecule has 0 aromatic heterocycles. The van der Waals surface area contributed by atoms with Crippen molar-refractivity contribution in [3.63, 3.8) is 0 Å². The molecule has 2 bridgehead atoms. The van der Waals surface area contributed by atoms with Gasteiger partial charge in [-0.1, -0.05) is 18.6 Å². The van der Waals surface area contributed by atoms with Gasteiger partial charge in [-0.3, -0.25) is 4.79 Å². The first-order valence-corrected chi connectivity index (χ1v) is 8.54. The molecule has 1 aromatic carbocycles. The number of hydrogen-bond donors (Lipinski definition) is 2. The van der Waals surface area contributed by atoms with E-state index in [0.717, 1.165) is 22.0 Å². The van der Waals surface area contributed by atoms with Gasteiger partial charge in [0.15, 0.2) is 0 Å². The minimum Gasteiger partial charge on any atom is -0.349 e. The van der Waals surface area contributed by atoms with Crippen molar-refractivity contribution in [2.75, 3.05) is 0 Å². The van der Waals surface area contributed by atoms with Gasteiger partial charge in [0, 0.05) is 15.7 Å². The van der Waals surface area contributed by atoms with Crippen LogP contribution in [0.15, 0.2) is 24.3 Å². The minimum atomic E-state index is 0.0763. The van der Waals surface area contributed by atoms with Crippen LogP contribution in [0.4, 0.5) is 0 Å². The van der Waals surface area contributed by atoms with Crippen molar-refractivity contribution in [2.24, 2.45) is 17.6 Å². The van der Waals surface area contributed by atoms with Crippen molar-refractivity contribution in [3.8, 4) is 0 Å². The van der Waals surface area contributed by atoms with Crippen molar-refractivity contribution in [1.29, 1.82) is 0 Å². The van der Waals surface area contributed by atoms with E-state index in [1.807, 2.05) is 24.3 Å².